The lowest BCUT2D eigenvalue weighted by Gasteiger charge is -2.06. The molecule has 3 aromatic rings. The van der Waals surface area contributed by atoms with E-state index in [-0.39, 0.29) is 17.7 Å². The van der Waals surface area contributed by atoms with Gasteiger partial charge in [-0.3, -0.25) is 19.4 Å². The number of nitrogens with zero attached hydrogens (tertiary/aromatic N) is 3. The van der Waals surface area contributed by atoms with Crippen molar-refractivity contribution in [2.45, 2.75) is 40.2 Å². The molecular weight excluding hydrogens is 368 g/mol. The van der Waals surface area contributed by atoms with E-state index in [4.69, 9.17) is 5.11 Å². The van der Waals surface area contributed by atoms with Gasteiger partial charge < -0.3 is 5.11 Å². The maximum absolute atomic E-state index is 12.5. The highest BCUT2D eigenvalue weighted by Crippen LogP contribution is 2.27. The second kappa shape index (κ2) is 8.68. The molecule has 0 aliphatic carbocycles. The highest BCUT2D eigenvalue weighted by molar-refractivity contribution is 5.68. The third-order valence-electron chi connectivity index (χ3n) is 4.83. The predicted molar refractivity (Wildman–Crippen MR) is 112 cm³/mol. The molecular formula is C22H24N4O3. The van der Waals surface area contributed by atoms with Crippen molar-refractivity contribution < 1.29 is 9.90 Å². The van der Waals surface area contributed by atoms with Crippen LogP contribution < -0.4 is 5.56 Å². The summed E-state index contributed by atoms with van der Waals surface area (Å²) in [5, 5.41) is 20.1. The zero-order valence-corrected chi connectivity index (χ0v) is 16.8. The first-order valence-electron chi connectivity index (χ1n) is 9.46. The molecule has 1 aromatic heterocycles. The van der Waals surface area contributed by atoms with Gasteiger partial charge in [-0.1, -0.05) is 30.3 Å². The number of hydrogen-bond acceptors (Lipinski definition) is 4. The van der Waals surface area contributed by atoms with Crippen molar-refractivity contribution in [3.8, 4) is 11.1 Å². The van der Waals surface area contributed by atoms with Gasteiger partial charge in [-0.15, -0.1) is 5.11 Å². The normalized spacial score (nSPS) is 11.3. The van der Waals surface area contributed by atoms with Crippen molar-refractivity contribution in [2.24, 2.45) is 10.2 Å². The second-order valence-electron chi connectivity index (χ2n) is 7.09. The number of aliphatic carboxylic acids is 1. The molecule has 0 bridgehead atoms. The SMILES string of the molecule is Cc1ccc(-c2cccc(N=Nc3c(C)[nH]n(CCCC(=O)O)c3=O)c2)cc1C. The standard InChI is InChI=1S/C22H24N4O3/c1-14-9-10-18(12-15(14)2)17-6-4-7-19(13-17)23-24-21-16(3)25-26(22(21)29)11-5-8-20(27)28/h4,6-7,9-10,12-13,25H,5,8,11H2,1-3H3,(H,27,28). The third-order valence-corrected chi connectivity index (χ3v) is 4.83. The van der Waals surface area contributed by atoms with Crippen LogP contribution in [-0.2, 0) is 11.3 Å². The van der Waals surface area contributed by atoms with Crippen molar-refractivity contribution in [1.82, 2.24) is 9.78 Å². The Morgan fingerprint density at radius 1 is 1.03 bits per heavy atom. The first-order chi connectivity index (χ1) is 13.8. The Hall–Kier alpha value is -3.48. The largest absolute Gasteiger partial charge is 0.481 e. The number of carboxylic acids is 1. The zero-order valence-electron chi connectivity index (χ0n) is 16.8. The number of H-pyrrole nitrogens is 1. The molecule has 0 aliphatic rings. The molecule has 0 spiro atoms. The monoisotopic (exact) mass is 392 g/mol. The molecule has 29 heavy (non-hydrogen) atoms. The lowest BCUT2D eigenvalue weighted by Crippen LogP contribution is -2.17. The van der Waals surface area contributed by atoms with E-state index in [1.54, 1.807) is 6.92 Å². The van der Waals surface area contributed by atoms with Crippen molar-refractivity contribution in [3.05, 3.63) is 69.6 Å². The average molecular weight is 392 g/mol. The highest BCUT2D eigenvalue weighted by atomic mass is 16.4. The minimum Gasteiger partial charge on any atom is -0.481 e. The van der Waals surface area contributed by atoms with Crippen LogP contribution in [-0.4, -0.2) is 20.9 Å². The quantitative estimate of drug-likeness (QED) is 0.550. The van der Waals surface area contributed by atoms with E-state index >= 15 is 0 Å². The topological polar surface area (TPSA) is 99.8 Å². The fourth-order valence-corrected chi connectivity index (χ4v) is 3.03. The Bertz CT molecular complexity index is 1130. The number of azo groups is 1. The fourth-order valence-electron chi connectivity index (χ4n) is 3.03. The van der Waals surface area contributed by atoms with Crippen molar-refractivity contribution in [3.63, 3.8) is 0 Å². The number of hydrogen-bond donors (Lipinski definition) is 2. The molecule has 2 aromatic carbocycles. The minimum atomic E-state index is -0.884. The van der Waals surface area contributed by atoms with Crippen LogP contribution in [0.2, 0.25) is 0 Å². The lowest BCUT2D eigenvalue weighted by atomic mass is 10.0. The summed E-state index contributed by atoms with van der Waals surface area (Å²) < 4.78 is 1.37. The van der Waals surface area contributed by atoms with E-state index < -0.39 is 5.97 Å². The highest BCUT2D eigenvalue weighted by Gasteiger charge is 2.11. The molecule has 150 valence electrons. The van der Waals surface area contributed by atoms with Crippen molar-refractivity contribution in [1.29, 1.82) is 0 Å². The summed E-state index contributed by atoms with van der Waals surface area (Å²) in [5.74, 6) is -0.884. The van der Waals surface area contributed by atoms with Gasteiger partial charge in [-0.2, -0.15) is 5.11 Å². The molecule has 3 rings (SSSR count). The van der Waals surface area contributed by atoms with Gasteiger partial charge in [-0.25, -0.2) is 0 Å². The minimum absolute atomic E-state index is 0.00658. The van der Waals surface area contributed by atoms with E-state index in [9.17, 15) is 9.59 Å². The molecule has 0 atom stereocenters. The van der Waals surface area contributed by atoms with Gasteiger partial charge in [0.2, 0.25) is 0 Å². The Morgan fingerprint density at radius 2 is 1.79 bits per heavy atom. The Kier molecular flexibility index (Phi) is 6.07. The van der Waals surface area contributed by atoms with Gasteiger partial charge in [0.1, 0.15) is 0 Å². The van der Waals surface area contributed by atoms with Gasteiger partial charge in [0.15, 0.2) is 5.69 Å². The van der Waals surface area contributed by atoms with Crippen LogP contribution in [0.5, 0.6) is 0 Å². The molecule has 0 fully saturated rings. The third kappa shape index (κ3) is 4.87. The van der Waals surface area contributed by atoms with Gasteiger partial charge in [-0.05, 0) is 61.6 Å². The van der Waals surface area contributed by atoms with Crippen LogP contribution >= 0.6 is 0 Å². The number of carboxylic acid groups (broad SMARTS) is 1. The maximum atomic E-state index is 12.5. The van der Waals surface area contributed by atoms with Crippen molar-refractivity contribution >= 4 is 17.3 Å². The summed E-state index contributed by atoms with van der Waals surface area (Å²) in [5.41, 5.74) is 5.77. The number of carbonyl (C=O) groups is 1. The molecule has 0 unspecified atom stereocenters. The van der Waals surface area contributed by atoms with Crippen LogP contribution in [0.3, 0.4) is 0 Å². The first kappa shape index (κ1) is 20.3. The molecule has 7 nitrogen and oxygen atoms in total. The van der Waals surface area contributed by atoms with E-state index in [0.717, 1.165) is 11.1 Å². The molecule has 0 saturated heterocycles. The van der Waals surface area contributed by atoms with E-state index in [2.05, 4.69) is 47.4 Å². The molecule has 0 aliphatic heterocycles. The van der Waals surface area contributed by atoms with E-state index in [1.807, 2.05) is 24.3 Å². The molecule has 0 amide bonds. The summed E-state index contributed by atoms with van der Waals surface area (Å²) in [7, 11) is 0. The summed E-state index contributed by atoms with van der Waals surface area (Å²) in [6.07, 6.45) is 0.371. The number of nitrogens with one attached hydrogen (secondary N) is 1. The first-order valence-corrected chi connectivity index (χ1v) is 9.46. The fraction of sp³-hybridized carbons (Fsp3) is 0.273. The zero-order chi connectivity index (χ0) is 21.0. The number of aromatic amines is 1. The maximum Gasteiger partial charge on any atom is 0.303 e. The number of rotatable bonds is 7. The van der Waals surface area contributed by atoms with Crippen LogP contribution in [0.25, 0.3) is 11.1 Å². The molecule has 7 heteroatoms. The Balaban J connectivity index is 1.81. The van der Waals surface area contributed by atoms with Gasteiger partial charge >= 0.3 is 5.97 Å². The van der Waals surface area contributed by atoms with Crippen LogP contribution in [0.4, 0.5) is 11.4 Å². The van der Waals surface area contributed by atoms with Crippen LogP contribution in [0.15, 0.2) is 57.5 Å². The Morgan fingerprint density at radius 3 is 2.52 bits per heavy atom. The number of aromatic nitrogens is 2. The average Bonchev–Trinajstić information content (AvgIpc) is 2.95. The summed E-state index contributed by atoms with van der Waals surface area (Å²) in [6.45, 7) is 6.20. The molecule has 2 N–H and O–H groups in total. The van der Waals surface area contributed by atoms with Gasteiger partial charge in [0, 0.05) is 13.0 Å². The summed E-state index contributed by atoms with van der Waals surface area (Å²) >= 11 is 0. The van der Waals surface area contributed by atoms with Crippen LogP contribution in [0, 0.1) is 20.8 Å². The Labute approximate surface area is 168 Å². The number of benzene rings is 2. The summed E-state index contributed by atoms with van der Waals surface area (Å²) in [4.78, 5) is 23.1. The molecule has 0 radical (unpaired) electrons. The summed E-state index contributed by atoms with van der Waals surface area (Å²) in [6, 6.07) is 14.0. The molecule has 1 heterocycles. The van der Waals surface area contributed by atoms with E-state index in [0.29, 0.717) is 24.3 Å². The number of aryl methyl sites for hydroxylation is 4. The van der Waals surface area contributed by atoms with Crippen LogP contribution in [0.1, 0.15) is 29.7 Å². The lowest BCUT2D eigenvalue weighted by molar-refractivity contribution is -0.137. The molecule has 0 saturated carbocycles. The van der Waals surface area contributed by atoms with E-state index in [1.165, 1.54) is 15.8 Å². The smallest absolute Gasteiger partial charge is 0.303 e. The van der Waals surface area contributed by atoms with Gasteiger partial charge in [0.25, 0.3) is 5.56 Å². The predicted octanol–water partition coefficient (Wildman–Crippen LogP) is 5.05. The van der Waals surface area contributed by atoms with Crippen molar-refractivity contribution in [2.75, 3.05) is 0 Å². The second-order valence-corrected chi connectivity index (χ2v) is 7.09. The van der Waals surface area contributed by atoms with Gasteiger partial charge in [0.05, 0.1) is 11.4 Å².